The molecule has 4 aliphatic heterocycles. The molecule has 9 heteroatoms. The number of nitrogens with zero attached hydrogens (tertiary/aromatic N) is 3. The minimum atomic E-state index is -0.137. The predicted octanol–water partition coefficient (Wildman–Crippen LogP) is 9.27. The summed E-state index contributed by atoms with van der Waals surface area (Å²) in [6, 6.07) is 24.8. The van der Waals surface area contributed by atoms with E-state index in [-0.39, 0.29) is 24.2 Å². The molecule has 5 aliphatic rings. The summed E-state index contributed by atoms with van der Waals surface area (Å²) in [5.41, 5.74) is 23.4. The third kappa shape index (κ3) is 9.22. The van der Waals surface area contributed by atoms with Crippen molar-refractivity contribution in [3.8, 4) is 11.3 Å². The molecular weight excluding hydrogens is 763 g/mol. The van der Waals surface area contributed by atoms with Gasteiger partial charge in [0.1, 0.15) is 0 Å². The number of nitrogens with one attached hydrogen (secondary N) is 4. The van der Waals surface area contributed by atoms with Crippen LogP contribution in [0.15, 0.2) is 212 Å². The van der Waals surface area contributed by atoms with Gasteiger partial charge in [-0.25, -0.2) is 9.97 Å². The van der Waals surface area contributed by atoms with Gasteiger partial charge in [0.15, 0.2) is 0 Å². The molecule has 9 rings (SSSR count). The largest absolute Gasteiger partial charge is 0.405 e. The third-order valence-electron chi connectivity index (χ3n) is 11.7. The van der Waals surface area contributed by atoms with Gasteiger partial charge in [-0.15, -0.1) is 0 Å². The Bertz CT molecular complexity index is 2650. The summed E-state index contributed by atoms with van der Waals surface area (Å²) in [7, 11) is 0. The molecule has 62 heavy (non-hydrogen) atoms. The van der Waals surface area contributed by atoms with Crippen molar-refractivity contribution in [3.63, 3.8) is 0 Å². The Morgan fingerprint density at radius 2 is 1.26 bits per heavy atom. The van der Waals surface area contributed by atoms with Crippen LogP contribution in [0.4, 0.5) is 0 Å². The summed E-state index contributed by atoms with van der Waals surface area (Å²) >= 11 is 0. The van der Waals surface area contributed by atoms with Crippen LogP contribution < -0.4 is 32.7 Å². The topological polar surface area (TPSA) is 139 Å². The van der Waals surface area contributed by atoms with Gasteiger partial charge in [0, 0.05) is 11.8 Å². The summed E-state index contributed by atoms with van der Waals surface area (Å²) in [6.07, 6.45) is 45.3. The molecule has 1 aliphatic carbocycles. The number of hydrogen-bond acceptors (Lipinski definition) is 9. The van der Waals surface area contributed by atoms with Crippen molar-refractivity contribution in [3.05, 3.63) is 246 Å². The number of aromatic nitrogens is 3. The standard InChI is InChI=1S/C53H51N9/c54-30-4-1-13-36-28-29-37(36)14-7-15-41(55)45-21-8-18-42(58-45)38-33-39(43-19-9-24-50(59-43)52-26-11-22-48(61-52)46-16-2-5-31-56-46)35-40(34-38)44-20-10-25-51(60-44)53-27-12-23-49(62-53)47-17-3-6-32-57-47/h1-27,30-37,42-43,46,49,56,58-59,62H,28-29,54-55H2/b13-1-,14-7-,30-4-,41-15-. The Morgan fingerprint density at radius 1 is 0.597 bits per heavy atom. The van der Waals surface area contributed by atoms with Crippen LogP contribution in [0.1, 0.15) is 70.9 Å². The molecule has 0 amide bonds. The van der Waals surface area contributed by atoms with E-state index in [0.29, 0.717) is 17.5 Å². The van der Waals surface area contributed by atoms with Gasteiger partial charge >= 0.3 is 0 Å². The summed E-state index contributed by atoms with van der Waals surface area (Å²) in [5.74, 6) is 1.03. The second-order valence-corrected chi connectivity index (χ2v) is 15.8. The van der Waals surface area contributed by atoms with Crippen molar-refractivity contribution in [1.29, 1.82) is 0 Å². The average Bonchev–Trinajstić information content (AvgIpc) is 3.34. The Balaban J connectivity index is 0.998. The van der Waals surface area contributed by atoms with Crippen LogP contribution in [0.25, 0.3) is 22.7 Å². The van der Waals surface area contributed by atoms with Crippen LogP contribution in [-0.4, -0.2) is 15.0 Å². The van der Waals surface area contributed by atoms with E-state index in [1.54, 1.807) is 6.20 Å². The Hall–Kier alpha value is -7.65. The van der Waals surface area contributed by atoms with Gasteiger partial charge < -0.3 is 32.7 Å². The maximum atomic E-state index is 6.73. The van der Waals surface area contributed by atoms with Gasteiger partial charge in [-0.05, 0) is 133 Å². The van der Waals surface area contributed by atoms with E-state index >= 15 is 0 Å². The lowest BCUT2D eigenvalue weighted by atomic mass is 9.73. The lowest BCUT2D eigenvalue weighted by Crippen LogP contribution is -2.26. The first-order valence-electron chi connectivity index (χ1n) is 21.3. The molecule has 4 aromatic rings. The number of pyridine rings is 3. The number of benzene rings is 1. The molecule has 308 valence electrons. The molecule has 0 saturated heterocycles. The zero-order valence-corrected chi connectivity index (χ0v) is 34.4. The van der Waals surface area contributed by atoms with Crippen LogP contribution >= 0.6 is 0 Å². The van der Waals surface area contributed by atoms with Gasteiger partial charge in [-0.2, -0.15) is 0 Å². The third-order valence-corrected chi connectivity index (χ3v) is 11.7. The zero-order chi connectivity index (χ0) is 42.1. The normalized spacial score (nSPS) is 24.2. The summed E-state index contributed by atoms with van der Waals surface area (Å²) in [4.78, 5) is 14.9. The lowest BCUT2D eigenvalue weighted by Gasteiger charge is -2.32. The molecule has 6 atom stereocenters. The van der Waals surface area contributed by atoms with Crippen molar-refractivity contribution < 1.29 is 0 Å². The zero-order valence-electron chi connectivity index (χ0n) is 34.4. The number of dihydropyridines is 4. The minimum Gasteiger partial charge on any atom is -0.405 e. The fourth-order valence-corrected chi connectivity index (χ4v) is 8.22. The van der Waals surface area contributed by atoms with E-state index in [1.807, 2.05) is 73.1 Å². The molecule has 7 heterocycles. The molecule has 1 aromatic carbocycles. The Labute approximate surface area is 364 Å². The SMILES string of the molecule is N/C=C\C=C/C1CCC1/C=C\C=C(/N)C1=CC=CC(c2cc(-c3cccc(C4=CC=CC(c5ccccn5)N4)n3)cc(C3C=CC=C(c4cccc(C5C=CC=CN5)n4)N3)c2)N1. The van der Waals surface area contributed by atoms with Crippen LogP contribution in [0, 0.1) is 11.8 Å². The molecule has 0 bridgehead atoms. The maximum Gasteiger partial charge on any atom is 0.0873 e. The molecule has 0 spiro atoms. The fourth-order valence-electron chi connectivity index (χ4n) is 8.22. The molecule has 8 N–H and O–H groups in total. The van der Waals surface area contributed by atoms with E-state index in [4.69, 9.17) is 21.4 Å². The van der Waals surface area contributed by atoms with Gasteiger partial charge in [0.05, 0.1) is 75.4 Å². The molecule has 3 aromatic heterocycles. The van der Waals surface area contributed by atoms with Crippen LogP contribution in [0.5, 0.6) is 0 Å². The van der Waals surface area contributed by atoms with E-state index < -0.39 is 0 Å². The lowest BCUT2D eigenvalue weighted by molar-refractivity contribution is 0.286. The van der Waals surface area contributed by atoms with Crippen molar-refractivity contribution in [2.75, 3.05) is 0 Å². The molecule has 9 nitrogen and oxygen atoms in total. The van der Waals surface area contributed by atoms with E-state index in [1.165, 1.54) is 12.8 Å². The maximum absolute atomic E-state index is 6.73. The van der Waals surface area contributed by atoms with E-state index in [9.17, 15) is 0 Å². The van der Waals surface area contributed by atoms with Crippen molar-refractivity contribution in [2.24, 2.45) is 23.3 Å². The van der Waals surface area contributed by atoms with Crippen molar-refractivity contribution >= 4 is 11.4 Å². The van der Waals surface area contributed by atoms with E-state index in [0.717, 1.165) is 62.3 Å². The highest BCUT2D eigenvalue weighted by molar-refractivity contribution is 5.70. The number of nitrogens with two attached hydrogens (primary N) is 2. The summed E-state index contributed by atoms with van der Waals surface area (Å²) in [5, 5.41) is 14.6. The average molecular weight is 814 g/mol. The molecule has 1 saturated carbocycles. The van der Waals surface area contributed by atoms with Gasteiger partial charge in [-0.3, -0.25) is 4.98 Å². The van der Waals surface area contributed by atoms with Gasteiger partial charge in [0.2, 0.25) is 0 Å². The van der Waals surface area contributed by atoms with Gasteiger partial charge in [-0.1, -0.05) is 97.2 Å². The van der Waals surface area contributed by atoms with Gasteiger partial charge in [0.25, 0.3) is 0 Å². The summed E-state index contributed by atoms with van der Waals surface area (Å²) < 4.78 is 0. The first-order chi connectivity index (χ1) is 30.6. The van der Waals surface area contributed by atoms with Crippen LogP contribution in [0.2, 0.25) is 0 Å². The monoisotopic (exact) mass is 813 g/mol. The highest BCUT2D eigenvalue weighted by Gasteiger charge is 2.26. The smallest absolute Gasteiger partial charge is 0.0873 e. The fraction of sp³-hybridized carbons (Fsp3) is 0.151. The Morgan fingerprint density at radius 3 is 1.98 bits per heavy atom. The van der Waals surface area contributed by atoms with E-state index in [2.05, 4.69) is 148 Å². The molecule has 6 unspecified atom stereocenters. The van der Waals surface area contributed by atoms with Crippen molar-refractivity contribution in [2.45, 2.75) is 37.0 Å². The second kappa shape index (κ2) is 18.7. The molecular formula is C53H51N9. The molecule has 0 radical (unpaired) electrons. The quantitative estimate of drug-likeness (QED) is 0.0773. The highest BCUT2D eigenvalue weighted by atomic mass is 15.0. The van der Waals surface area contributed by atoms with Crippen LogP contribution in [-0.2, 0) is 0 Å². The van der Waals surface area contributed by atoms with Crippen molar-refractivity contribution in [1.82, 2.24) is 36.2 Å². The predicted molar refractivity (Wildman–Crippen MR) is 251 cm³/mol. The number of hydrogen-bond donors (Lipinski definition) is 6. The highest BCUT2D eigenvalue weighted by Crippen LogP contribution is 2.37. The Kier molecular flexibility index (Phi) is 12.0. The number of allylic oxidation sites excluding steroid dienone is 14. The first-order valence-corrected chi connectivity index (χ1v) is 21.3. The summed E-state index contributed by atoms with van der Waals surface area (Å²) in [6.45, 7) is 0. The minimum absolute atomic E-state index is 0.0197. The first kappa shape index (κ1) is 39.8. The molecule has 1 fully saturated rings. The number of rotatable bonds is 12. The van der Waals surface area contributed by atoms with Crippen LogP contribution in [0.3, 0.4) is 0 Å². The second-order valence-electron chi connectivity index (χ2n) is 15.8.